The Bertz CT molecular complexity index is 573. The summed E-state index contributed by atoms with van der Waals surface area (Å²) in [5.74, 6) is 0.348. The number of nitrogens with zero attached hydrogens (tertiary/aromatic N) is 1. The molecule has 0 aromatic heterocycles. The summed E-state index contributed by atoms with van der Waals surface area (Å²) >= 11 is 5.99. The summed E-state index contributed by atoms with van der Waals surface area (Å²) in [5.41, 5.74) is 1.23. The summed E-state index contributed by atoms with van der Waals surface area (Å²) in [6, 6.07) is 7.87. The number of rotatable bonds is 2. The molecule has 2 aliphatic heterocycles. The Balaban J connectivity index is 1.55. The van der Waals surface area contributed by atoms with Crippen molar-refractivity contribution in [2.24, 2.45) is 5.41 Å². The van der Waals surface area contributed by atoms with E-state index in [2.05, 4.69) is 10.2 Å². The summed E-state index contributed by atoms with van der Waals surface area (Å²) < 4.78 is 0. The topological polar surface area (TPSA) is 32.3 Å². The third kappa shape index (κ3) is 2.35. The highest BCUT2D eigenvalue weighted by atomic mass is 35.5. The second-order valence-corrected chi connectivity index (χ2v) is 7.78. The predicted molar refractivity (Wildman–Crippen MR) is 88.1 cm³/mol. The van der Waals surface area contributed by atoms with E-state index in [9.17, 15) is 4.79 Å². The zero-order valence-electron chi connectivity index (χ0n) is 12.9. The Morgan fingerprint density at radius 3 is 2.55 bits per heavy atom. The molecule has 4 rings (SSSR count). The largest absolute Gasteiger partial charge is 0.341 e. The van der Waals surface area contributed by atoms with E-state index in [1.54, 1.807) is 0 Å². The smallest absolute Gasteiger partial charge is 0.233 e. The van der Waals surface area contributed by atoms with Crippen LogP contribution in [0.15, 0.2) is 24.3 Å². The molecule has 4 heteroatoms. The van der Waals surface area contributed by atoms with Crippen LogP contribution in [-0.2, 0) is 10.2 Å². The summed E-state index contributed by atoms with van der Waals surface area (Å²) in [6.07, 6.45) is 5.58. The molecule has 1 atom stereocenters. The van der Waals surface area contributed by atoms with Gasteiger partial charge in [-0.25, -0.2) is 0 Å². The molecule has 1 amide bonds. The zero-order valence-corrected chi connectivity index (χ0v) is 13.7. The molecule has 0 bridgehead atoms. The number of carbonyl (C=O) groups excluding carboxylic acids is 1. The third-order valence-corrected chi connectivity index (χ3v) is 6.09. The molecule has 1 aromatic carbocycles. The molecule has 1 aromatic rings. The standard InChI is InChI=1S/C18H23ClN2O/c19-15-4-2-14(3-5-15)18(7-8-18)16(22)21-11-1-6-17(13-21)9-10-20-12-17/h2-5,20H,1,6-13H2. The van der Waals surface area contributed by atoms with Gasteiger partial charge < -0.3 is 10.2 Å². The van der Waals surface area contributed by atoms with Gasteiger partial charge in [-0.15, -0.1) is 0 Å². The second-order valence-electron chi connectivity index (χ2n) is 7.35. The van der Waals surface area contributed by atoms with E-state index in [4.69, 9.17) is 11.6 Å². The lowest BCUT2D eigenvalue weighted by Crippen LogP contribution is -2.50. The molecule has 22 heavy (non-hydrogen) atoms. The Labute approximate surface area is 137 Å². The van der Waals surface area contributed by atoms with Gasteiger partial charge >= 0.3 is 0 Å². The zero-order chi connectivity index (χ0) is 15.2. The first-order valence-electron chi connectivity index (χ1n) is 8.40. The van der Waals surface area contributed by atoms with E-state index in [-0.39, 0.29) is 5.41 Å². The molecule has 2 heterocycles. The average molecular weight is 319 g/mol. The van der Waals surface area contributed by atoms with Crippen molar-refractivity contribution in [3.63, 3.8) is 0 Å². The molecular formula is C18H23ClN2O. The fourth-order valence-electron chi connectivity index (χ4n) is 4.35. The van der Waals surface area contributed by atoms with Crippen molar-refractivity contribution in [2.45, 2.75) is 37.5 Å². The van der Waals surface area contributed by atoms with E-state index in [0.29, 0.717) is 11.3 Å². The number of hydrogen-bond acceptors (Lipinski definition) is 2. The van der Waals surface area contributed by atoms with Crippen LogP contribution in [0.2, 0.25) is 5.02 Å². The van der Waals surface area contributed by atoms with Gasteiger partial charge in [0.05, 0.1) is 5.41 Å². The monoisotopic (exact) mass is 318 g/mol. The van der Waals surface area contributed by atoms with E-state index in [1.807, 2.05) is 24.3 Å². The van der Waals surface area contributed by atoms with Crippen molar-refractivity contribution in [3.8, 4) is 0 Å². The average Bonchev–Trinajstić information content (AvgIpc) is 3.23. The lowest BCUT2D eigenvalue weighted by Gasteiger charge is -2.41. The van der Waals surface area contributed by atoms with Gasteiger partial charge in [-0.3, -0.25) is 4.79 Å². The summed E-state index contributed by atoms with van der Waals surface area (Å²) in [6.45, 7) is 4.04. The minimum Gasteiger partial charge on any atom is -0.341 e. The first-order valence-corrected chi connectivity index (χ1v) is 8.78. The Kier molecular flexibility index (Phi) is 3.46. The third-order valence-electron chi connectivity index (χ3n) is 5.84. The van der Waals surface area contributed by atoms with Crippen molar-refractivity contribution < 1.29 is 4.79 Å². The molecule has 3 fully saturated rings. The number of piperidine rings is 1. The summed E-state index contributed by atoms with van der Waals surface area (Å²) in [7, 11) is 0. The first-order chi connectivity index (χ1) is 10.6. The normalized spacial score (nSPS) is 29.8. The van der Waals surface area contributed by atoms with Gasteiger partial charge in [-0.1, -0.05) is 23.7 Å². The molecule has 1 saturated carbocycles. The summed E-state index contributed by atoms with van der Waals surface area (Å²) in [5, 5.41) is 4.22. The van der Waals surface area contributed by atoms with Crippen molar-refractivity contribution in [1.82, 2.24) is 10.2 Å². The van der Waals surface area contributed by atoms with E-state index < -0.39 is 0 Å². The lowest BCUT2D eigenvalue weighted by molar-refractivity contribution is -0.137. The summed E-state index contributed by atoms with van der Waals surface area (Å²) in [4.78, 5) is 15.3. The highest BCUT2D eigenvalue weighted by molar-refractivity contribution is 6.30. The predicted octanol–water partition coefficient (Wildman–Crippen LogP) is 2.97. The van der Waals surface area contributed by atoms with Gasteiger partial charge in [-0.2, -0.15) is 0 Å². The molecule has 0 radical (unpaired) electrons. The van der Waals surface area contributed by atoms with Crippen LogP contribution >= 0.6 is 11.6 Å². The number of nitrogens with one attached hydrogen (secondary N) is 1. The van der Waals surface area contributed by atoms with Gasteiger partial charge in [0.2, 0.25) is 5.91 Å². The first kappa shape index (κ1) is 14.5. The van der Waals surface area contributed by atoms with Crippen LogP contribution in [0.5, 0.6) is 0 Å². The van der Waals surface area contributed by atoms with E-state index in [1.165, 1.54) is 12.8 Å². The Hall–Kier alpha value is -1.06. The van der Waals surface area contributed by atoms with Gasteiger partial charge in [0.25, 0.3) is 0 Å². The molecule has 1 unspecified atom stereocenters. The molecule has 1 spiro atoms. The van der Waals surface area contributed by atoms with E-state index >= 15 is 0 Å². The van der Waals surface area contributed by atoms with Crippen LogP contribution in [0.4, 0.5) is 0 Å². The van der Waals surface area contributed by atoms with Gasteiger partial charge in [0.15, 0.2) is 0 Å². The SMILES string of the molecule is O=C(N1CCCC2(CCNC2)C1)C1(c2ccc(Cl)cc2)CC1. The fraction of sp³-hybridized carbons (Fsp3) is 0.611. The molecule has 3 nitrogen and oxygen atoms in total. The minimum absolute atomic E-state index is 0.255. The van der Waals surface area contributed by atoms with Crippen molar-refractivity contribution in [2.75, 3.05) is 26.2 Å². The van der Waals surface area contributed by atoms with Crippen LogP contribution in [0, 0.1) is 5.41 Å². The molecule has 3 aliphatic rings. The highest BCUT2D eigenvalue weighted by Gasteiger charge is 2.54. The number of likely N-dealkylation sites (tertiary alicyclic amines) is 1. The maximum Gasteiger partial charge on any atom is 0.233 e. The Morgan fingerprint density at radius 1 is 1.14 bits per heavy atom. The number of hydrogen-bond donors (Lipinski definition) is 1. The van der Waals surface area contributed by atoms with Crippen LogP contribution in [0.25, 0.3) is 0 Å². The number of benzene rings is 1. The maximum atomic E-state index is 13.2. The molecular weight excluding hydrogens is 296 g/mol. The van der Waals surface area contributed by atoms with Crippen molar-refractivity contribution >= 4 is 17.5 Å². The number of carbonyl (C=O) groups is 1. The van der Waals surface area contributed by atoms with Gasteiger partial charge in [-0.05, 0) is 56.3 Å². The van der Waals surface area contributed by atoms with Crippen LogP contribution in [-0.4, -0.2) is 37.0 Å². The lowest BCUT2D eigenvalue weighted by atomic mass is 9.78. The van der Waals surface area contributed by atoms with Crippen LogP contribution in [0.3, 0.4) is 0 Å². The van der Waals surface area contributed by atoms with Crippen molar-refractivity contribution in [3.05, 3.63) is 34.9 Å². The molecule has 2 saturated heterocycles. The maximum absolute atomic E-state index is 13.2. The van der Waals surface area contributed by atoms with Gasteiger partial charge in [0.1, 0.15) is 0 Å². The fourth-order valence-corrected chi connectivity index (χ4v) is 4.47. The minimum atomic E-state index is -0.255. The van der Waals surface area contributed by atoms with Crippen LogP contribution in [0.1, 0.15) is 37.7 Å². The Morgan fingerprint density at radius 2 is 1.91 bits per heavy atom. The highest BCUT2D eigenvalue weighted by Crippen LogP contribution is 2.50. The molecule has 1 N–H and O–H groups in total. The van der Waals surface area contributed by atoms with E-state index in [0.717, 1.165) is 56.0 Å². The molecule has 1 aliphatic carbocycles. The number of amides is 1. The van der Waals surface area contributed by atoms with Crippen molar-refractivity contribution in [1.29, 1.82) is 0 Å². The second kappa shape index (κ2) is 5.24. The van der Waals surface area contributed by atoms with Crippen LogP contribution < -0.4 is 5.32 Å². The molecule has 118 valence electrons. The van der Waals surface area contributed by atoms with Gasteiger partial charge in [0, 0.05) is 30.1 Å². The quantitative estimate of drug-likeness (QED) is 0.909. The number of halogens is 1.